The summed E-state index contributed by atoms with van der Waals surface area (Å²) in [7, 11) is 3.13. The van der Waals surface area contributed by atoms with Crippen LogP contribution in [0.4, 0.5) is 0 Å². The number of ketones is 1. The topological polar surface area (TPSA) is 76.1 Å². The highest BCUT2D eigenvalue weighted by atomic mass is 16.5. The van der Waals surface area contributed by atoms with Gasteiger partial charge in [0.25, 0.3) is 11.7 Å². The number of unbranched alkanes of at least 4 members (excludes halogenated alkanes) is 13. The van der Waals surface area contributed by atoms with Crippen molar-refractivity contribution < 1.29 is 24.2 Å². The van der Waals surface area contributed by atoms with E-state index in [-0.39, 0.29) is 11.3 Å². The van der Waals surface area contributed by atoms with Crippen molar-refractivity contribution in [2.45, 2.75) is 103 Å². The van der Waals surface area contributed by atoms with Crippen LogP contribution in [0.25, 0.3) is 5.76 Å². The number of Topliss-reactive ketones (excluding diaryl/α,β-unsaturated/α-hetero) is 1. The smallest absolute Gasteiger partial charge is 0.295 e. The summed E-state index contributed by atoms with van der Waals surface area (Å²) in [6.07, 6.45) is 17.5. The van der Waals surface area contributed by atoms with Gasteiger partial charge in [0, 0.05) is 23.7 Å². The minimum absolute atomic E-state index is 0.0926. The molecule has 1 heterocycles. The number of methoxy groups -OCH3 is 2. The maximum Gasteiger partial charge on any atom is 0.295 e. The largest absolute Gasteiger partial charge is 0.507 e. The zero-order valence-electron chi connectivity index (χ0n) is 25.3. The predicted molar refractivity (Wildman–Crippen MR) is 165 cm³/mol. The Balaban J connectivity index is 1.60. The molecule has 0 spiro atoms. The SMILES string of the molecule is CCCCCCCCCCCCCCCCN1C(=O)C(=O)/C(=C(/O)c2ccccc2)[C@H]1c1ccc(OC)cc1OC. The first-order chi connectivity index (χ1) is 20.0. The molecular weight excluding hydrogens is 514 g/mol. The molecule has 6 nitrogen and oxygen atoms in total. The molecule has 0 saturated carbocycles. The van der Waals surface area contributed by atoms with Gasteiger partial charge in [0.1, 0.15) is 17.3 Å². The Bertz CT molecular complexity index is 1130. The molecule has 0 aromatic heterocycles. The number of ether oxygens (including phenoxy) is 2. The van der Waals surface area contributed by atoms with E-state index in [9.17, 15) is 14.7 Å². The fourth-order valence-corrected chi connectivity index (χ4v) is 5.71. The van der Waals surface area contributed by atoms with Gasteiger partial charge in [0.15, 0.2) is 0 Å². The van der Waals surface area contributed by atoms with Gasteiger partial charge < -0.3 is 19.5 Å². The Morgan fingerprint density at radius 3 is 1.85 bits per heavy atom. The van der Waals surface area contributed by atoms with Gasteiger partial charge in [-0.15, -0.1) is 0 Å². The van der Waals surface area contributed by atoms with Crippen molar-refractivity contribution in [3.8, 4) is 11.5 Å². The van der Waals surface area contributed by atoms with Crippen LogP contribution in [0.5, 0.6) is 11.5 Å². The van der Waals surface area contributed by atoms with Gasteiger partial charge in [0.2, 0.25) is 0 Å². The normalized spacial score (nSPS) is 16.4. The number of benzene rings is 2. The number of amides is 1. The van der Waals surface area contributed by atoms with E-state index in [0.29, 0.717) is 29.2 Å². The second kappa shape index (κ2) is 17.5. The minimum atomic E-state index is -0.738. The summed E-state index contributed by atoms with van der Waals surface area (Å²) in [5.74, 6) is -0.311. The molecule has 1 fully saturated rings. The molecule has 3 rings (SSSR count). The molecule has 1 saturated heterocycles. The van der Waals surface area contributed by atoms with Crippen LogP contribution < -0.4 is 9.47 Å². The molecule has 1 aliphatic rings. The first-order valence-electron chi connectivity index (χ1n) is 15.6. The number of hydrogen-bond acceptors (Lipinski definition) is 5. The molecule has 1 aliphatic heterocycles. The van der Waals surface area contributed by atoms with Crippen molar-refractivity contribution in [1.82, 2.24) is 4.90 Å². The summed E-state index contributed by atoms with van der Waals surface area (Å²) >= 11 is 0. The Hall–Kier alpha value is -3.28. The molecule has 0 bridgehead atoms. The summed E-state index contributed by atoms with van der Waals surface area (Å²) in [6, 6.07) is 13.5. The van der Waals surface area contributed by atoms with Crippen LogP contribution in [0.15, 0.2) is 54.1 Å². The monoisotopic (exact) mass is 563 g/mol. The zero-order valence-corrected chi connectivity index (χ0v) is 25.3. The molecular formula is C35H49NO5. The average molecular weight is 564 g/mol. The lowest BCUT2D eigenvalue weighted by Crippen LogP contribution is -2.31. The number of likely N-dealkylation sites (tertiary alicyclic amines) is 1. The van der Waals surface area contributed by atoms with Crippen LogP contribution in [0, 0.1) is 0 Å². The molecule has 1 N–H and O–H groups in total. The van der Waals surface area contributed by atoms with Crippen molar-refractivity contribution in [1.29, 1.82) is 0 Å². The standard InChI is InChI=1S/C35H49NO5/c1-4-5-6-7-8-9-10-11-12-13-14-15-16-20-25-36-32(29-24-23-28(40-2)26-30(29)41-3)31(34(38)35(36)39)33(37)27-21-18-17-19-22-27/h17-19,21-24,26,32,37H,4-16,20,25H2,1-3H3/b33-31+/t32-/m1/s1. The van der Waals surface area contributed by atoms with Crippen molar-refractivity contribution in [3.05, 3.63) is 65.2 Å². The van der Waals surface area contributed by atoms with Gasteiger partial charge >= 0.3 is 0 Å². The molecule has 2 aromatic carbocycles. The quantitative estimate of drug-likeness (QED) is 0.0801. The lowest BCUT2D eigenvalue weighted by atomic mass is 9.94. The summed E-state index contributed by atoms with van der Waals surface area (Å²) in [4.78, 5) is 28.2. The van der Waals surface area contributed by atoms with Crippen molar-refractivity contribution in [2.24, 2.45) is 0 Å². The Kier molecular flexibility index (Phi) is 13.8. The molecule has 41 heavy (non-hydrogen) atoms. The second-order valence-corrected chi connectivity index (χ2v) is 11.1. The third-order valence-electron chi connectivity index (χ3n) is 8.07. The van der Waals surface area contributed by atoms with Crippen molar-refractivity contribution in [3.63, 3.8) is 0 Å². The van der Waals surface area contributed by atoms with Gasteiger partial charge in [-0.3, -0.25) is 9.59 Å². The van der Waals surface area contributed by atoms with E-state index in [1.54, 1.807) is 55.5 Å². The van der Waals surface area contributed by atoms with Crippen LogP contribution in [0.2, 0.25) is 0 Å². The fourth-order valence-electron chi connectivity index (χ4n) is 5.71. The van der Waals surface area contributed by atoms with Gasteiger partial charge in [-0.2, -0.15) is 0 Å². The Morgan fingerprint density at radius 1 is 0.756 bits per heavy atom. The molecule has 2 aromatic rings. The zero-order chi connectivity index (χ0) is 29.5. The molecule has 0 aliphatic carbocycles. The number of aliphatic hydroxyl groups is 1. The van der Waals surface area contributed by atoms with Crippen LogP contribution in [-0.2, 0) is 9.59 Å². The molecule has 6 heteroatoms. The highest BCUT2D eigenvalue weighted by Gasteiger charge is 2.46. The lowest BCUT2D eigenvalue weighted by molar-refractivity contribution is -0.139. The van der Waals surface area contributed by atoms with E-state index in [2.05, 4.69) is 6.92 Å². The summed E-state index contributed by atoms with van der Waals surface area (Å²) in [6.45, 7) is 2.70. The van der Waals surface area contributed by atoms with E-state index < -0.39 is 17.7 Å². The van der Waals surface area contributed by atoms with E-state index >= 15 is 0 Å². The van der Waals surface area contributed by atoms with Gasteiger partial charge in [-0.05, 0) is 18.6 Å². The number of hydrogen-bond donors (Lipinski definition) is 1. The highest BCUT2D eigenvalue weighted by molar-refractivity contribution is 6.46. The number of aliphatic hydroxyl groups excluding tert-OH is 1. The lowest BCUT2D eigenvalue weighted by Gasteiger charge is -2.27. The van der Waals surface area contributed by atoms with Crippen LogP contribution in [-0.4, -0.2) is 42.5 Å². The minimum Gasteiger partial charge on any atom is -0.507 e. The van der Waals surface area contributed by atoms with Crippen LogP contribution >= 0.6 is 0 Å². The molecule has 1 amide bonds. The van der Waals surface area contributed by atoms with Gasteiger partial charge in [-0.25, -0.2) is 0 Å². The van der Waals surface area contributed by atoms with E-state index in [1.807, 2.05) is 12.1 Å². The molecule has 224 valence electrons. The Labute approximate surface area is 246 Å². The number of carbonyl (C=O) groups excluding carboxylic acids is 2. The van der Waals surface area contributed by atoms with E-state index in [1.165, 1.54) is 70.6 Å². The summed E-state index contributed by atoms with van der Waals surface area (Å²) < 4.78 is 11.0. The second-order valence-electron chi connectivity index (χ2n) is 11.1. The molecule has 0 unspecified atom stereocenters. The molecule has 0 radical (unpaired) electrons. The maximum atomic E-state index is 13.3. The number of nitrogens with zero attached hydrogens (tertiary/aromatic N) is 1. The number of rotatable bonds is 19. The Morgan fingerprint density at radius 2 is 1.32 bits per heavy atom. The summed E-state index contributed by atoms with van der Waals surface area (Å²) in [5, 5.41) is 11.2. The van der Waals surface area contributed by atoms with Crippen LogP contribution in [0.3, 0.4) is 0 Å². The van der Waals surface area contributed by atoms with E-state index in [0.717, 1.165) is 19.3 Å². The van der Waals surface area contributed by atoms with Crippen LogP contribution in [0.1, 0.15) is 114 Å². The van der Waals surface area contributed by atoms with Gasteiger partial charge in [-0.1, -0.05) is 121 Å². The average Bonchev–Trinajstić information content (AvgIpc) is 3.25. The van der Waals surface area contributed by atoms with Crippen molar-refractivity contribution in [2.75, 3.05) is 20.8 Å². The summed E-state index contributed by atoms with van der Waals surface area (Å²) in [5.41, 5.74) is 1.24. The molecule has 1 atom stereocenters. The fraction of sp³-hybridized carbons (Fsp3) is 0.543. The highest BCUT2D eigenvalue weighted by Crippen LogP contribution is 2.43. The first-order valence-corrected chi connectivity index (χ1v) is 15.6. The van der Waals surface area contributed by atoms with Gasteiger partial charge in [0.05, 0.1) is 25.8 Å². The third-order valence-corrected chi connectivity index (χ3v) is 8.07. The predicted octanol–water partition coefficient (Wildman–Crippen LogP) is 8.61. The maximum absolute atomic E-state index is 13.3. The third kappa shape index (κ3) is 9.11. The number of carbonyl (C=O) groups is 2. The first kappa shape index (κ1) is 32.2. The van der Waals surface area contributed by atoms with E-state index in [4.69, 9.17) is 9.47 Å². The van der Waals surface area contributed by atoms with Crippen molar-refractivity contribution >= 4 is 17.4 Å².